The van der Waals surface area contributed by atoms with Crippen LogP contribution in [0.2, 0.25) is 0 Å². The average molecular weight is 314 g/mol. The third-order valence-electron chi connectivity index (χ3n) is 3.17. The van der Waals surface area contributed by atoms with Gasteiger partial charge in [-0.1, -0.05) is 12.6 Å². The van der Waals surface area contributed by atoms with Crippen LogP contribution in [0.15, 0.2) is 49.0 Å². The molecule has 0 aromatic heterocycles. The summed E-state index contributed by atoms with van der Waals surface area (Å²) in [6, 6.07) is 11.3. The van der Waals surface area contributed by atoms with Gasteiger partial charge >= 0.3 is 0 Å². The third-order valence-corrected chi connectivity index (χ3v) is 3.17. The van der Waals surface area contributed by atoms with Crippen molar-refractivity contribution in [1.82, 2.24) is 10.9 Å². The van der Waals surface area contributed by atoms with Crippen LogP contribution in [0, 0.1) is 0 Å². The van der Waals surface area contributed by atoms with E-state index in [-0.39, 0.29) is 5.75 Å². The van der Waals surface area contributed by atoms with Crippen molar-refractivity contribution >= 4 is 11.6 Å². The molecule has 120 valence electrons. The molecule has 0 aliphatic rings. The molecule has 1 amide bonds. The molecule has 0 aliphatic heterocycles. The highest BCUT2D eigenvalue weighted by Gasteiger charge is 2.10. The molecule has 0 fully saturated rings. The van der Waals surface area contributed by atoms with Crippen LogP contribution in [-0.4, -0.2) is 25.2 Å². The first-order valence-corrected chi connectivity index (χ1v) is 6.82. The molecule has 2 aromatic rings. The highest BCUT2D eigenvalue weighted by molar-refractivity contribution is 5.94. The Morgan fingerprint density at radius 2 is 1.87 bits per heavy atom. The van der Waals surface area contributed by atoms with Gasteiger partial charge in [0.15, 0.2) is 0 Å². The number of aromatic hydroxyl groups is 1. The lowest BCUT2D eigenvalue weighted by Crippen LogP contribution is -2.35. The molecular formula is C17H18N2O4. The highest BCUT2D eigenvalue weighted by Crippen LogP contribution is 2.28. The van der Waals surface area contributed by atoms with Crippen molar-refractivity contribution in [2.24, 2.45) is 0 Å². The van der Waals surface area contributed by atoms with E-state index in [2.05, 4.69) is 17.4 Å². The molecule has 0 saturated heterocycles. The number of phenols is 1. The first-order valence-electron chi connectivity index (χ1n) is 6.82. The molecular weight excluding hydrogens is 296 g/mol. The summed E-state index contributed by atoms with van der Waals surface area (Å²) in [7, 11) is 3.11. The number of hydrazine groups is 1. The lowest BCUT2D eigenvalue weighted by molar-refractivity contribution is 0.0942. The van der Waals surface area contributed by atoms with E-state index >= 15 is 0 Å². The standard InChI is InChI=1S/C17H18N2O4/c1-11(15-8-7-14(22-2)10-16(15)23-3)18-19-17(21)12-5-4-6-13(20)9-12/h4-10,18,20H,1H2,2-3H3,(H,19,21). The molecule has 0 aliphatic carbocycles. The molecule has 0 heterocycles. The van der Waals surface area contributed by atoms with E-state index in [1.165, 1.54) is 19.2 Å². The van der Waals surface area contributed by atoms with Gasteiger partial charge in [0.1, 0.15) is 17.2 Å². The maximum absolute atomic E-state index is 12.0. The molecule has 0 saturated carbocycles. The maximum Gasteiger partial charge on any atom is 0.269 e. The van der Waals surface area contributed by atoms with Crippen molar-refractivity contribution < 1.29 is 19.4 Å². The van der Waals surface area contributed by atoms with Gasteiger partial charge in [0.25, 0.3) is 5.91 Å². The molecule has 2 rings (SSSR count). The number of amides is 1. The zero-order valence-electron chi connectivity index (χ0n) is 12.9. The van der Waals surface area contributed by atoms with E-state index in [1.807, 2.05) is 0 Å². The van der Waals surface area contributed by atoms with Gasteiger partial charge in [-0.2, -0.15) is 0 Å². The van der Waals surface area contributed by atoms with Gasteiger partial charge < -0.3 is 14.6 Å². The SMILES string of the molecule is C=C(NNC(=O)c1cccc(O)c1)c1ccc(OC)cc1OC. The number of methoxy groups -OCH3 is 2. The lowest BCUT2D eigenvalue weighted by atomic mass is 10.1. The van der Waals surface area contributed by atoms with Crippen molar-refractivity contribution in [2.45, 2.75) is 0 Å². The van der Waals surface area contributed by atoms with Gasteiger partial charge in [-0.15, -0.1) is 0 Å². The Kier molecular flexibility index (Phi) is 5.09. The van der Waals surface area contributed by atoms with Crippen molar-refractivity contribution in [2.75, 3.05) is 14.2 Å². The van der Waals surface area contributed by atoms with E-state index in [1.54, 1.807) is 37.4 Å². The Morgan fingerprint density at radius 1 is 1.09 bits per heavy atom. The van der Waals surface area contributed by atoms with Crippen LogP contribution in [-0.2, 0) is 0 Å². The quantitative estimate of drug-likeness (QED) is 0.713. The van der Waals surface area contributed by atoms with Crippen LogP contribution in [0.25, 0.3) is 5.70 Å². The smallest absolute Gasteiger partial charge is 0.269 e. The van der Waals surface area contributed by atoms with Crippen molar-refractivity contribution in [3.8, 4) is 17.2 Å². The summed E-state index contributed by atoms with van der Waals surface area (Å²) in [5.41, 5.74) is 6.72. The van der Waals surface area contributed by atoms with E-state index in [9.17, 15) is 9.90 Å². The molecule has 6 heteroatoms. The van der Waals surface area contributed by atoms with E-state index in [0.29, 0.717) is 28.3 Å². The highest BCUT2D eigenvalue weighted by atomic mass is 16.5. The predicted octanol–water partition coefficient (Wildman–Crippen LogP) is 2.31. The van der Waals surface area contributed by atoms with Gasteiger partial charge in [0, 0.05) is 17.2 Å². The third kappa shape index (κ3) is 3.94. The molecule has 2 aromatic carbocycles. The second kappa shape index (κ2) is 7.22. The van der Waals surface area contributed by atoms with Gasteiger partial charge in [0.05, 0.1) is 19.9 Å². The average Bonchev–Trinajstić information content (AvgIpc) is 2.58. The Balaban J connectivity index is 2.06. The molecule has 0 unspecified atom stereocenters. The van der Waals surface area contributed by atoms with Crippen LogP contribution in [0.3, 0.4) is 0 Å². The molecule has 3 N–H and O–H groups in total. The number of nitrogens with one attached hydrogen (secondary N) is 2. The minimum Gasteiger partial charge on any atom is -0.508 e. The van der Waals surface area contributed by atoms with Crippen molar-refractivity contribution in [1.29, 1.82) is 0 Å². The largest absolute Gasteiger partial charge is 0.508 e. The maximum atomic E-state index is 12.0. The van der Waals surface area contributed by atoms with E-state index in [0.717, 1.165) is 0 Å². The molecule has 23 heavy (non-hydrogen) atoms. The Labute approximate surface area is 134 Å². The van der Waals surface area contributed by atoms with Gasteiger partial charge in [-0.05, 0) is 30.3 Å². The molecule has 0 spiro atoms. The van der Waals surface area contributed by atoms with Gasteiger partial charge in [-0.25, -0.2) is 0 Å². The van der Waals surface area contributed by atoms with Crippen molar-refractivity contribution in [3.05, 3.63) is 60.2 Å². The Hall–Kier alpha value is -3.15. The molecule has 0 radical (unpaired) electrons. The summed E-state index contributed by atoms with van der Waals surface area (Å²) >= 11 is 0. The zero-order chi connectivity index (χ0) is 16.8. The van der Waals surface area contributed by atoms with E-state index < -0.39 is 5.91 Å². The number of carbonyl (C=O) groups excluding carboxylic acids is 1. The predicted molar refractivity (Wildman–Crippen MR) is 87.3 cm³/mol. The van der Waals surface area contributed by atoms with Crippen LogP contribution >= 0.6 is 0 Å². The van der Waals surface area contributed by atoms with Gasteiger partial charge in [-0.3, -0.25) is 15.6 Å². The fourth-order valence-corrected chi connectivity index (χ4v) is 1.97. The second-order valence-electron chi connectivity index (χ2n) is 4.67. The molecule has 0 atom stereocenters. The first kappa shape index (κ1) is 16.2. The second-order valence-corrected chi connectivity index (χ2v) is 4.67. The number of benzene rings is 2. The Morgan fingerprint density at radius 3 is 2.52 bits per heavy atom. The normalized spacial score (nSPS) is 9.83. The lowest BCUT2D eigenvalue weighted by Gasteiger charge is -2.15. The zero-order valence-corrected chi connectivity index (χ0v) is 12.9. The van der Waals surface area contributed by atoms with Gasteiger partial charge in [0.2, 0.25) is 0 Å². The topological polar surface area (TPSA) is 79.8 Å². The van der Waals surface area contributed by atoms with Crippen LogP contribution in [0.5, 0.6) is 17.2 Å². The Bertz CT molecular complexity index is 728. The number of phenolic OH excluding ortho intramolecular Hbond substituents is 1. The monoisotopic (exact) mass is 314 g/mol. The van der Waals surface area contributed by atoms with Crippen molar-refractivity contribution in [3.63, 3.8) is 0 Å². The van der Waals surface area contributed by atoms with Crippen LogP contribution in [0.4, 0.5) is 0 Å². The summed E-state index contributed by atoms with van der Waals surface area (Å²) in [6.07, 6.45) is 0. The number of hydrogen-bond donors (Lipinski definition) is 3. The first-order chi connectivity index (χ1) is 11.0. The fourth-order valence-electron chi connectivity index (χ4n) is 1.97. The summed E-state index contributed by atoms with van der Waals surface area (Å²) in [4.78, 5) is 12.0. The van der Waals surface area contributed by atoms with Crippen LogP contribution < -0.4 is 20.3 Å². The summed E-state index contributed by atoms with van der Waals surface area (Å²) in [5.74, 6) is 0.846. The number of ether oxygens (including phenoxy) is 2. The van der Waals surface area contributed by atoms with E-state index in [4.69, 9.17) is 9.47 Å². The molecule has 6 nitrogen and oxygen atoms in total. The number of carbonyl (C=O) groups is 1. The summed E-state index contributed by atoms with van der Waals surface area (Å²) < 4.78 is 10.4. The fraction of sp³-hybridized carbons (Fsp3) is 0.118. The minimum atomic E-state index is -0.394. The number of hydrogen-bond acceptors (Lipinski definition) is 5. The number of rotatable bonds is 6. The molecule has 0 bridgehead atoms. The van der Waals surface area contributed by atoms with Crippen LogP contribution in [0.1, 0.15) is 15.9 Å². The summed E-state index contributed by atoms with van der Waals surface area (Å²) in [6.45, 7) is 3.88. The summed E-state index contributed by atoms with van der Waals surface area (Å²) in [5, 5.41) is 9.39. The minimum absolute atomic E-state index is 0.0216.